The molecule has 3 rings (SSSR count). The Hall–Kier alpha value is -1.65. The van der Waals surface area contributed by atoms with Crippen LogP contribution >= 0.6 is 0 Å². The van der Waals surface area contributed by atoms with Gasteiger partial charge >= 0.3 is 0 Å². The van der Waals surface area contributed by atoms with Gasteiger partial charge in [-0.15, -0.1) is 0 Å². The average Bonchev–Trinajstić information content (AvgIpc) is 3.17. The summed E-state index contributed by atoms with van der Waals surface area (Å²) in [4.78, 5) is 19.1. The summed E-state index contributed by atoms with van der Waals surface area (Å²) in [7, 11) is 0. The van der Waals surface area contributed by atoms with Crippen molar-refractivity contribution in [1.29, 1.82) is 0 Å². The lowest BCUT2D eigenvalue weighted by atomic mass is 9.97. The second kappa shape index (κ2) is 6.63. The lowest BCUT2D eigenvalue weighted by Gasteiger charge is -2.23. The first-order chi connectivity index (χ1) is 10.6. The lowest BCUT2D eigenvalue weighted by molar-refractivity contribution is -0.131. The number of hydrogen-bond donors (Lipinski definition) is 0. The van der Waals surface area contributed by atoms with Crippen molar-refractivity contribution >= 4 is 5.91 Å². The molecule has 1 aromatic rings. The summed E-state index contributed by atoms with van der Waals surface area (Å²) in [5, 5.41) is 4.10. The molecule has 0 N–H and O–H groups in total. The van der Waals surface area contributed by atoms with Crippen LogP contribution in [0.1, 0.15) is 82.5 Å². The van der Waals surface area contributed by atoms with Gasteiger partial charge in [0.2, 0.25) is 11.8 Å². The number of carbonyl (C=O) groups is 1. The van der Waals surface area contributed by atoms with E-state index in [4.69, 9.17) is 4.52 Å². The second-order valence-electron chi connectivity index (χ2n) is 6.68. The Balaban J connectivity index is 1.69. The van der Waals surface area contributed by atoms with Crippen molar-refractivity contribution in [3.8, 4) is 0 Å². The fourth-order valence-electron chi connectivity index (χ4n) is 3.31. The smallest absolute Gasteiger partial charge is 0.229 e. The number of amides is 1. The minimum atomic E-state index is -0.00654. The third-order valence-corrected chi connectivity index (χ3v) is 4.59. The number of aromatic nitrogens is 2. The van der Waals surface area contributed by atoms with Crippen LogP contribution < -0.4 is 0 Å². The Bertz CT molecular complexity index is 562. The Morgan fingerprint density at radius 3 is 2.95 bits per heavy atom. The first-order valence-corrected chi connectivity index (χ1v) is 8.46. The maximum absolute atomic E-state index is 12.6. The van der Waals surface area contributed by atoms with Crippen molar-refractivity contribution in [2.24, 2.45) is 0 Å². The molecule has 1 saturated heterocycles. The Kier molecular flexibility index (Phi) is 4.60. The molecule has 0 radical (unpaired) electrons. The monoisotopic (exact) mass is 303 g/mol. The molecular formula is C17H25N3O2. The zero-order valence-corrected chi connectivity index (χ0v) is 13.5. The standard InChI is InChI=1S/C17H25N3O2/c1-12(2)17-18-16(19-22-17)14-9-6-10-20(14)15(21)11-13-7-4-3-5-8-13/h7,12,14H,3-6,8-11H2,1-2H3. The van der Waals surface area contributed by atoms with Crippen molar-refractivity contribution in [2.45, 2.75) is 70.8 Å². The molecule has 5 nitrogen and oxygen atoms in total. The van der Waals surface area contributed by atoms with Gasteiger partial charge in [-0.25, -0.2) is 0 Å². The molecule has 0 saturated carbocycles. The molecule has 1 aliphatic heterocycles. The van der Waals surface area contributed by atoms with Gasteiger partial charge in [0, 0.05) is 18.9 Å². The summed E-state index contributed by atoms with van der Waals surface area (Å²) in [5.41, 5.74) is 1.30. The van der Waals surface area contributed by atoms with Crippen LogP contribution in [0.2, 0.25) is 0 Å². The van der Waals surface area contributed by atoms with Crippen molar-refractivity contribution in [3.63, 3.8) is 0 Å². The molecule has 2 heterocycles. The Labute approximate surface area is 131 Å². The summed E-state index contributed by atoms with van der Waals surface area (Å²) < 4.78 is 5.31. The summed E-state index contributed by atoms with van der Waals surface area (Å²) in [6.07, 6.45) is 9.42. The molecule has 0 bridgehead atoms. The number of likely N-dealkylation sites (tertiary alicyclic amines) is 1. The van der Waals surface area contributed by atoms with Crippen LogP contribution in [0.5, 0.6) is 0 Å². The van der Waals surface area contributed by atoms with Crippen molar-refractivity contribution in [3.05, 3.63) is 23.4 Å². The average molecular weight is 303 g/mol. The zero-order valence-electron chi connectivity index (χ0n) is 13.5. The highest BCUT2D eigenvalue weighted by Gasteiger charge is 2.33. The lowest BCUT2D eigenvalue weighted by Crippen LogP contribution is -2.31. The van der Waals surface area contributed by atoms with Crippen molar-refractivity contribution < 1.29 is 9.32 Å². The second-order valence-corrected chi connectivity index (χ2v) is 6.68. The van der Waals surface area contributed by atoms with E-state index in [1.165, 1.54) is 18.4 Å². The van der Waals surface area contributed by atoms with Gasteiger partial charge in [0.1, 0.15) is 0 Å². The maximum Gasteiger partial charge on any atom is 0.229 e. The van der Waals surface area contributed by atoms with Crippen LogP contribution in [0, 0.1) is 0 Å². The number of carbonyl (C=O) groups excluding carboxylic acids is 1. The van der Waals surface area contributed by atoms with Crippen LogP contribution in [-0.4, -0.2) is 27.5 Å². The van der Waals surface area contributed by atoms with E-state index in [0.29, 0.717) is 18.1 Å². The Morgan fingerprint density at radius 1 is 1.41 bits per heavy atom. The van der Waals surface area contributed by atoms with Gasteiger partial charge in [0.05, 0.1) is 6.04 Å². The SMILES string of the molecule is CC(C)c1nc(C2CCCN2C(=O)CC2=CCCCC2)no1. The first kappa shape index (κ1) is 15.3. The summed E-state index contributed by atoms with van der Waals surface area (Å²) in [6.45, 7) is 4.87. The third kappa shape index (κ3) is 3.23. The Morgan fingerprint density at radius 2 is 2.27 bits per heavy atom. The highest BCUT2D eigenvalue weighted by molar-refractivity contribution is 5.79. The summed E-state index contributed by atoms with van der Waals surface area (Å²) >= 11 is 0. The maximum atomic E-state index is 12.6. The minimum Gasteiger partial charge on any atom is -0.339 e. The molecule has 1 unspecified atom stereocenters. The van der Waals surface area contributed by atoms with Gasteiger partial charge in [-0.05, 0) is 38.5 Å². The van der Waals surface area contributed by atoms with E-state index in [1.807, 2.05) is 18.7 Å². The number of allylic oxidation sites excluding steroid dienone is 1. The number of hydrogen-bond acceptors (Lipinski definition) is 4. The summed E-state index contributed by atoms with van der Waals surface area (Å²) in [6, 6.07) is -0.00654. The van der Waals surface area contributed by atoms with E-state index in [2.05, 4.69) is 16.2 Å². The van der Waals surface area contributed by atoms with Gasteiger partial charge in [0.25, 0.3) is 0 Å². The molecule has 1 aromatic heterocycles. The fraction of sp³-hybridized carbons (Fsp3) is 0.706. The fourth-order valence-corrected chi connectivity index (χ4v) is 3.31. The molecule has 1 aliphatic carbocycles. The van der Waals surface area contributed by atoms with Crippen LogP contribution in [0.4, 0.5) is 0 Å². The third-order valence-electron chi connectivity index (χ3n) is 4.59. The molecule has 0 aromatic carbocycles. The molecule has 22 heavy (non-hydrogen) atoms. The van der Waals surface area contributed by atoms with Gasteiger partial charge in [-0.3, -0.25) is 4.79 Å². The molecule has 120 valence electrons. The van der Waals surface area contributed by atoms with Crippen molar-refractivity contribution in [1.82, 2.24) is 15.0 Å². The molecular weight excluding hydrogens is 278 g/mol. The number of nitrogens with zero attached hydrogens (tertiary/aromatic N) is 3. The topological polar surface area (TPSA) is 59.2 Å². The van der Waals surface area contributed by atoms with Gasteiger partial charge in [-0.1, -0.05) is 30.7 Å². The van der Waals surface area contributed by atoms with Gasteiger partial charge < -0.3 is 9.42 Å². The predicted octanol–water partition coefficient (Wildman–Crippen LogP) is 3.75. The van der Waals surface area contributed by atoms with E-state index in [-0.39, 0.29) is 17.9 Å². The largest absolute Gasteiger partial charge is 0.339 e. The first-order valence-electron chi connectivity index (χ1n) is 8.46. The van der Waals surface area contributed by atoms with Crippen LogP contribution in [-0.2, 0) is 4.79 Å². The predicted molar refractivity (Wildman–Crippen MR) is 83.2 cm³/mol. The molecule has 1 atom stereocenters. The minimum absolute atomic E-state index is 0.00654. The van der Waals surface area contributed by atoms with E-state index < -0.39 is 0 Å². The van der Waals surface area contributed by atoms with E-state index in [1.54, 1.807) is 0 Å². The van der Waals surface area contributed by atoms with E-state index in [9.17, 15) is 4.79 Å². The highest BCUT2D eigenvalue weighted by Crippen LogP contribution is 2.32. The zero-order chi connectivity index (χ0) is 15.5. The normalized spacial score (nSPS) is 22.2. The molecule has 0 spiro atoms. The molecule has 1 amide bonds. The van der Waals surface area contributed by atoms with E-state index in [0.717, 1.165) is 32.2 Å². The molecule has 5 heteroatoms. The van der Waals surface area contributed by atoms with Gasteiger partial charge in [0.15, 0.2) is 5.82 Å². The van der Waals surface area contributed by atoms with E-state index >= 15 is 0 Å². The molecule has 1 fully saturated rings. The highest BCUT2D eigenvalue weighted by atomic mass is 16.5. The quantitative estimate of drug-likeness (QED) is 0.795. The summed E-state index contributed by atoms with van der Waals surface area (Å²) in [5.74, 6) is 1.77. The van der Waals surface area contributed by atoms with Gasteiger partial charge in [-0.2, -0.15) is 4.98 Å². The van der Waals surface area contributed by atoms with Crippen LogP contribution in [0.3, 0.4) is 0 Å². The van der Waals surface area contributed by atoms with Crippen LogP contribution in [0.15, 0.2) is 16.2 Å². The number of rotatable bonds is 4. The van der Waals surface area contributed by atoms with Crippen LogP contribution in [0.25, 0.3) is 0 Å². The molecule has 2 aliphatic rings. The van der Waals surface area contributed by atoms with Crippen molar-refractivity contribution in [2.75, 3.05) is 6.54 Å².